The van der Waals surface area contributed by atoms with E-state index in [1.807, 2.05) is 30.3 Å². The summed E-state index contributed by atoms with van der Waals surface area (Å²) in [5.41, 5.74) is 12.3. The number of hydrogen-bond acceptors (Lipinski definition) is 4. The van der Waals surface area contributed by atoms with Gasteiger partial charge in [0.2, 0.25) is 5.91 Å². The van der Waals surface area contributed by atoms with Crippen LogP contribution in [0.2, 0.25) is 0 Å². The third-order valence-corrected chi connectivity index (χ3v) is 2.72. The monoisotopic (exact) mass is 234 g/mol. The smallest absolute Gasteiger partial charge is 0.317 e. The summed E-state index contributed by atoms with van der Waals surface area (Å²) in [6, 6.07) is 7.98. The number of nitrogens with two attached hydrogens (primary N) is 2. The molecule has 0 bridgehead atoms. The molecule has 0 saturated carbocycles. The Morgan fingerprint density at radius 2 is 1.82 bits per heavy atom. The number of imide groups is 1. The number of hydrogen-bond donors (Lipinski definition) is 3. The molecule has 90 valence electrons. The predicted molar refractivity (Wildman–Crippen MR) is 61.5 cm³/mol. The molecule has 5 N–H and O–H groups in total. The van der Waals surface area contributed by atoms with Gasteiger partial charge in [-0.3, -0.25) is 10.1 Å². The van der Waals surface area contributed by atoms with Crippen molar-refractivity contribution in [3.05, 3.63) is 35.9 Å². The summed E-state index contributed by atoms with van der Waals surface area (Å²) < 4.78 is 0. The minimum absolute atomic E-state index is 0.328. The van der Waals surface area contributed by atoms with Gasteiger partial charge < -0.3 is 16.4 Å². The fourth-order valence-corrected chi connectivity index (χ4v) is 1.70. The average molecular weight is 234 g/mol. The summed E-state index contributed by atoms with van der Waals surface area (Å²) in [7, 11) is 0. The molecular formula is C11H14N4O2. The zero-order valence-corrected chi connectivity index (χ0v) is 9.17. The van der Waals surface area contributed by atoms with Crippen LogP contribution in [0, 0.1) is 0 Å². The number of carbonyl (C=O) groups is 2. The highest BCUT2D eigenvalue weighted by Crippen LogP contribution is 2.11. The maximum absolute atomic E-state index is 11.6. The van der Waals surface area contributed by atoms with E-state index < -0.39 is 24.1 Å². The molecule has 1 aromatic rings. The summed E-state index contributed by atoms with van der Waals surface area (Å²) in [5, 5.41) is 2.17. The number of nitrogens with zero attached hydrogens (tertiary/aromatic N) is 1. The molecule has 1 fully saturated rings. The summed E-state index contributed by atoms with van der Waals surface area (Å²) in [4.78, 5) is 24.2. The van der Waals surface area contributed by atoms with E-state index in [0.717, 1.165) is 5.56 Å². The van der Waals surface area contributed by atoms with Gasteiger partial charge in [-0.15, -0.1) is 0 Å². The molecule has 1 aliphatic heterocycles. The lowest BCUT2D eigenvalue weighted by Gasteiger charge is -2.36. The van der Waals surface area contributed by atoms with E-state index in [1.165, 1.54) is 4.90 Å². The van der Waals surface area contributed by atoms with Crippen molar-refractivity contribution in [2.24, 2.45) is 11.5 Å². The number of urea groups is 1. The van der Waals surface area contributed by atoms with Gasteiger partial charge in [-0.25, -0.2) is 4.79 Å². The van der Waals surface area contributed by atoms with Crippen LogP contribution >= 0.6 is 0 Å². The van der Waals surface area contributed by atoms with Crippen molar-refractivity contribution in [2.75, 3.05) is 0 Å². The molecule has 1 aromatic carbocycles. The number of benzene rings is 1. The molecule has 0 aliphatic carbocycles. The van der Waals surface area contributed by atoms with Gasteiger partial charge in [-0.05, 0) is 5.56 Å². The van der Waals surface area contributed by atoms with Gasteiger partial charge in [0.25, 0.3) is 0 Å². The zero-order chi connectivity index (χ0) is 12.4. The molecule has 3 amide bonds. The minimum Gasteiger partial charge on any atom is -0.317 e. The standard InChI is InChI=1S/C11H14N4O2/c12-8-9(13)15(11(17)14-10(8)16)6-7-4-2-1-3-5-7/h1-5,8-9H,6,12-13H2,(H,14,16,17). The first-order chi connectivity index (χ1) is 8.09. The Balaban J connectivity index is 2.15. The highest BCUT2D eigenvalue weighted by atomic mass is 16.2. The third-order valence-electron chi connectivity index (χ3n) is 2.72. The second kappa shape index (κ2) is 4.52. The van der Waals surface area contributed by atoms with Crippen molar-refractivity contribution < 1.29 is 9.59 Å². The quantitative estimate of drug-likeness (QED) is 0.633. The van der Waals surface area contributed by atoms with Gasteiger partial charge in [0, 0.05) is 6.54 Å². The van der Waals surface area contributed by atoms with Gasteiger partial charge in [-0.1, -0.05) is 30.3 Å². The van der Waals surface area contributed by atoms with E-state index in [-0.39, 0.29) is 0 Å². The Morgan fingerprint density at radius 3 is 2.47 bits per heavy atom. The van der Waals surface area contributed by atoms with Crippen LogP contribution in [0.5, 0.6) is 0 Å². The van der Waals surface area contributed by atoms with Crippen LogP contribution < -0.4 is 16.8 Å². The molecule has 2 rings (SSSR count). The second-order valence-electron chi connectivity index (χ2n) is 3.92. The lowest BCUT2D eigenvalue weighted by Crippen LogP contribution is -2.68. The first-order valence-corrected chi connectivity index (χ1v) is 5.26. The van der Waals surface area contributed by atoms with Crippen LogP contribution in [0.1, 0.15) is 5.56 Å². The molecular weight excluding hydrogens is 220 g/mol. The SMILES string of the molecule is NC1C(=O)NC(=O)N(Cc2ccccc2)C1N. The second-order valence-corrected chi connectivity index (χ2v) is 3.92. The van der Waals surface area contributed by atoms with Crippen LogP contribution in [0.15, 0.2) is 30.3 Å². The van der Waals surface area contributed by atoms with Crippen molar-refractivity contribution in [1.82, 2.24) is 10.2 Å². The van der Waals surface area contributed by atoms with E-state index in [9.17, 15) is 9.59 Å². The summed E-state index contributed by atoms with van der Waals surface area (Å²) in [6.45, 7) is 0.328. The average Bonchev–Trinajstić information content (AvgIpc) is 2.33. The van der Waals surface area contributed by atoms with E-state index >= 15 is 0 Å². The highest BCUT2D eigenvalue weighted by molar-refractivity contribution is 6.00. The predicted octanol–water partition coefficient (Wildman–Crippen LogP) is -0.649. The minimum atomic E-state index is -0.892. The first-order valence-electron chi connectivity index (χ1n) is 5.26. The maximum atomic E-state index is 11.6. The van der Waals surface area contributed by atoms with Gasteiger partial charge in [0.1, 0.15) is 12.2 Å². The number of carbonyl (C=O) groups excluding carboxylic acids is 2. The van der Waals surface area contributed by atoms with Gasteiger partial charge >= 0.3 is 6.03 Å². The van der Waals surface area contributed by atoms with E-state index in [4.69, 9.17) is 11.5 Å². The number of amides is 3. The summed E-state index contributed by atoms with van der Waals surface area (Å²) in [6.07, 6.45) is -0.795. The summed E-state index contributed by atoms with van der Waals surface area (Å²) in [5.74, 6) is -0.535. The van der Waals surface area contributed by atoms with Crippen LogP contribution in [0.4, 0.5) is 4.79 Å². The van der Waals surface area contributed by atoms with Gasteiger partial charge in [0.15, 0.2) is 0 Å². The number of rotatable bonds is 2. The van der Waals surface area contributed by atoms with Crippen LogP contribution in [-0.4, -0.2) is 29.0 Å². The Kier molecular flexibility index (Phi) is 3.08. The van der Waals surface area contributed by atoms with Gasteiger partial charge in [0.05, 0.1) is 0 Å². The fourth-order valence-electron chi connectivity index (χ4n) is 1.70. The molecule has 0 radical (unpaired) electrons. The molecule has 2 unspecified atom stereocenters. The summed E-state index contributed by atoms with van der Waals surface area (Å²) >= 11 is 0. The van der Waals surface area contributed by atoms with Crippen molar-refractivity contribution >= 4 is 11.9 Å². The molecule has 0 spiro atoms. The van der Waals surface area contributed by atoms with E-state index in [2.05, 4.69) is 5.32 Å². The molecule has 1 heterocycles. The topological polar surface area (TPSA) is 101 Å². The van der Waals surface area contributed by atoms with Crippen LogP contribution in [0.3, 0.4) is 0 Å². The lowest BCUT2D eigenvalue weighted by atomic mass is 10.1. The molecule has 17 heavy (non-hydrogen) atoms. The fraction of sp³-hybridized carbons (Fsp3) is 0.273. The Labute approximate surface area is 98.6 Å². The van der Waals surface area contributed by atoms with Crippen molar-refractivity contribution in [1.29, 1.82) is 0 Å². The molecule has 6 nitrogen and oxygen atoms in total. The van der Waals surface area contributed by atoms with Gasteiger partial charge in [-0.2, -0.15) is 0 Å². The molecule has 1 aliphatic rings. The Morgan fingerprint density at radius 1 is 1.18 bits per heavy atom. The lowest BCUT2D eigenvalue weighted by molar-refractivity contribution is -0.124. The maximum Gasteiger partial charge on any atom is 0.325 e. The molecule has 0 aromatic heterocycles. The van der Waals surface area contributed by atoms with Crippen molar-refractivity contribution in [2.45, 2.75) is 18.8 Å². The van der Waals surface area contributed by atoms with E-state index in [0.29, 0.717) is 6.54 Å². The van der Waals surface area contributed by atoms with Crippen LogP contribution in [0.25, 0.3) is 0 Å². The van der Waals surface area contributed by atoms with Crippen molar-refractivity contribution in [3.8, 4) is 0 Å². The van der Waals surface area contributed by atoms with Crippen LogP contribution in [-0.2, 0) is 11.3 Å². The third kappa shape index (κ3) is 2.27. The normalized spacial score (nSPS) is 24.7. The Hall–Kier alpha value is -1.92. The first kappa shape index (κ1) is 11.6. The molecule has 6 heteroatoms. The molecule has 2 atom stereocenters. The Bertz CT molecular complexity index is 434. The largest absolute Gasteiger partial charge is 0.325 e. The zero-order valence-electron chi connectivity index (χ0n) is 9.17. The molecule has 1 saturated heterocycles. The highest BCUT2D eigenvalue weighted by Gasteiger charge is 2.36. The van der Waals surface area contributed by atoms with Crippen molar-refractivity contribution in [3.63, 3.8) is 0 Å². The number of nitrogens with one attached hydrogen (secondary N) is 1. The van der Waals surface area contributed by atoms with E-state index in [1.54, 1.807) is 0 Å².